The van der Waals surface area contributed by atoms with Gasteiger partial charge in [-0.25, -0.2) is 0 Å². The van der Waals surface area contributed by atoms with Crippen LogP contribution in [0.5, 0.6) is 0 Å². The molecule has 1 aliphatic heterocycles. The molecule has 3 N–H and O–H groups in total. The van der Waals surface area contributed by atoms with Crippen molar-refractivity contribution in [3.05, 3.63) is 36.0 Å². The maximum atomic E-state index is 12.6. The number of nitrogens with one attached hydrogen (secondary N) is 1. The van der Waals surface area contributed by atoms with E-state index in [-0.39, 0.29) is 5.91 Å². The second kappa shape index (κ2) is 7.15. The van der Waals surface area contributed by atoms with Gasteiger partial charge in [-0.15, -0.1) is 0 Å². The van der Waals surface area contributed by atoms with Crippen LogP contribution in [-0.2, 0) is 16.0 Å². The van der Waals surface area contributed by atoms with Gasteiger partial charge in [-0.05, 0) is 36.8 Å². The van der Waals surface area contributed by atoms with Gasteiger partial charge in [0.05, 0.1) is 6.04 Å². The van der Waals surface area contributed by atoms with Crippen molar-refractivity contribution >= 4 is 16.8 Å². The zero-order valence-corrected chi connectivity index (χ0v) is 13.6. The molecule has 0 radical (unpaired) electrons. The summed E-state index contributed by atoms with van der Waals surface area (Å²) in [5.74, 6) is 0.625. The smallest absolute Gasteiger partial charge is 0.239 e. The summed E-state index contributed by atoms with van der Waals surface area (Å²) in [6, 6.07) is 7.63. The molecule has 1 saturated heterocycles. The van der Waals surface area contributed by atoms with Crippen molar-refractivity contribution in [3.8, 4) is 0 Å². The lowest BCUT2D eigenvalue weighted by molar-refractivity contribution is -0.134. The highest BCUT2D eigenvalue weighted by Gasteiger charge is 2.26. The van der Waals surface area contributed by atoms with E-state index < -0.39 is 6.04 Å². The molecule has 0 aliphatic carbocycles. The predicted molar refractivity (Wildman–Crippen MR) is 91.2 cm³/mol. The van der Waals surface area contributed by atoms with Crippen LogP contribution in [0.3, 0.4) is 0 Å². The molecule has 0 saturated carbocycles. The number of nitrogens with two attached hydrogens (primary N) is 1. The number of para-hydroxylation sites is 1. The number of carbonyl (C=O) groups is 1. The number of likely N-dealkylation sites (tertiary alicyclic amines) is 1. The molecular formula is C18H25N3O2. The van der Waals surface area contributed by atoms with E-state index in [1.807, 2.05) is 29.3 Å². The zero-order chi connectivity index (χ0) is 16.2. The van der Waals surface area contributed by atoms with E-state index in [2.05, 4.69) is 11.1 Å². The van der Waals surface area contributed by atoms with Crippen molar-refractivity contribution < 1.29 is 9.53 Å². The molecule has 5 heteroatoms. The molecule has 1 amide bonds. The van der Waals surface area contributed by atoms with Crippen molar-refractivity contribution in [2.75, 3.05) is 26.8 Å². The normalized spacial score (nSPS) is 17.6. The minimum atomic E-state index is -0.479. The summed E-state index contributed by atoms with van der Waals surface area (Å²) in [5.41, 5.74) is 8.39. The number of benzene rings is 1. The first-order valence-electron chi connectivity index (χ1n) is 8.27. The number of nitrogens with zero attached hydrogens (tertiary/aromatic N) is 1. The largest absolute Gasteiger partial charge is 0.384 e. The lowest BCUT2D eigenvalue weighted by Crippen LogP contribution is -2.48. The van der Waals surface area contributed by atoms with Crippen LogP contribution in [0.1, 0.15) is 18.4 Å². The number of ether oxygens (including phenoxy) is 1. The number of amides is 1. The molecule has 3 rings (SSSR count). The summed E-state index contributed by atoms with van der Waals surface area (Å²) >= 11 is 0. The van der Waals surface area contributed by atoms with Gasteiger partial charge in [0.25, 0.3) is 0 Å². The van der Waals surface area contributed by atoms with Crippen LogP contribution in [0.4, 0.5) is 0 Å². The molecule has 1 aliphatic rings. The third-order valence-electron chi connectivity index (χ3n) is 4.76. The Morgan fingerprint density at radius 3 is 2.87 bits per heavy atom. The number of fused-ring (bicyclic) bond motifs is 1. The Labute approximate surface area is 136 Å². The number of piperidine rings is 1. The Morgan fingerprint density at radius 1 is 1.39 bits per heavy atom. The summed E-state index contributed by atoms with van der Waals surface area (Å²) in [4.78, 5) is 17.7. The Kier molecular flexibility index (Phi) is 4.98. The molecule has 23 heavy (non-hydrogen) atoms. The highest BCUT2D eigenvalue weighted by molar-refractivity contribution is 5.86. The predicted octanol–water partition coefficient (Wildman–Crippen LogP) is 1.92. The van der Waals surface area contributed by atoms with Crippen LogP contribution in [0.15, 0.2) is 30.5 Å². The highest BCUT2D eigenvalue weighted by atomic mass is 16.5. The molecule has 1 aromatic heterocycles. The van der Waals surface area contributed by atoms with Gasteiger partial charge in [-0.1, -0.05) is 18.2 Å². The van der Waals surface area contributed by atoms with Crippen LogP contribution < -0.4 is 5.73 Å². The van der Waals surface area contributed by atoms with Crippen molar-refractivity contribution in [1.82, 2.24) is 9.88 Å². The molecule has 1 aromatic carbocycles. The summed E-state index contributed by atoms with van der Waals surface area (Å²) in [5, 5.41) is 1.15. The van der Waals surface area contributed by atoms with Crippen molar-refractivity contribution in [1.29, 1.82) is 0 Å². The third kappa shape index (κ3) is 3.57. The average Bonchev–Trinajstić information content (AvgIpc) is 2.98. The van der Waals surface area contributed by atoms with Gasteiger partial charge in [0, 0.05) is 43.9 Å². The summed E-state index contributed by atoms with van der Waals surface area (Å²) in [7, 11) is 1.73. The summed E-state index contributed by atoms with van der Waals surface area (Å²) in [6.45, 7) is 2.35. The van der Waals surface area contributed by atoms with E-state index in [4.69, 9.17) is 10.5 Å². The van der Waals surface area contributed by atoms with Crippen molar-refractivity contribution in [2.24, 2.45) is 11.7 Å². The quantitative estimate of drug-likeness (QED) is 0.885. The minimum absolute atomic E-state index is 0.0612. The number of hydrogen-bond acceptors (Lipinski definition) is 3. The molecule has 2 heterocycles. The summed E-state index contributed by atoms with van der Waals surface area (Å²) < 4.78 is 5.20. The Morgan fingerprint density at radius 2 is 2.13 bits per heavy atom. The molecule has 1 atom stereocenters. The fraction of sp³-hybridized carbons (Fsp3) is 0.500. The molecule has 0 spiro atoms. The van der Waals surface area contributed by atoms with E-state index >= 15 is 0 Å². The number of rotatable bonds is 5. The maximum Gasteiger partial charge on any atom is 0.239 e. The van der Waals surface area contributed by atoms with E-state index in [0.29, 0.717) is 12.3 Å². The summed E-state index contributed by atoms with van der Waals surface area (Å²) in [6.07, 6.45) is 4.53. The van der Waals surface area contributed by atoms with Gasteiger partial charge in [0.1, 0.15) is 0 Å². The highest BCUT2D eigenvalue weighted by Crippen LogP contribution is 2.21. The minimum Gasteiger partial charge on any atom is -0.384 e. The Hall–Kier alpha value is -1.85. The zero-order valence-electron chi connectivity index (χ0n) is 13.6. The van der Waals surface area contributed by atoms with Gasteiger partial charge in [-0.3, -0.25) is 4.79 Å². The van der Waals surface area contributed by atoms with Crippen molar-refractivity contribution in [3.63, 3.8) is 0 Å². The Balaban J connectivity index is 1.60. The first kappa shape index (κ1) is 16.0. The second-order valence-electron chi connectivity index (χ2n) is 6.39. The molecular weight excluding hydrogens is 290 g/mol. The monoisotopic (exact) mass is 315 g/mol. The number of aromatic nitrogens is 1. The lowest BCUT2D eigenvalue weighted by Gasteiger charge is -2.33. The third-order valence-corrected chi connectivity index (χ3v) is 4.76. The van der Waals surface area contributed by atoms with Crippen LogP contribution in [0.2, 0.25) is 0 Å². The molecule has 5 nitrogen and oxygen atoms in total. The molecule has 1 fully saturated rings. The van der Waals surface area contributed by atoms with E-state index in [9.17, 15) is 4.79 Å². The Bertz CT molecular complexity index is 659. The van der Waals surface area contributed by atoms with Gasteiger partial charge in [0.15, 0.2) is 0 Å². The van der Waals surface area contributed by atoms with Gasteiger partial charge in [-0.2, -0.15) is 0 Å². The van der Waals surface area contributed by atoms with Crippen LogP contribution in [0.25, 0.3) is 10.9 Å². The molecule has 0 unspecified atom stereocenters. The fourth-order valence-corrected chi connectivity index (χ4v) is 3.41. The van der Waals surface area contributed by atoms with Crippen LogP contribution in [0, 0.1) is 5.92 Å². The number of aromatic amines is 1. The topological polar surface area (TPSA) is 71.3 Å². The first-order valence-corrected chi connectivity index (χ1v) is 8.27. The van der Waals surface area contributed by atoms with Gasteiger partial charge in [0.2, 0.25) is 5.91 Å². The second-order valence-corrected chi connectivity index (χ2v) is 6.39. The van der Waals surface area contributed by atoms with Gasteiger partial charge < -0.3 is 20.4 Å². The van der Waals surface area contributed by atoms with E-state index in [1.165, 1.54) is 0 Å². The van der Waals surface area contributed by atoms with E-state index in [0.717, 1.165) is 49.0 Å². The number of H-pyrrole nitrogens is 1. The standard InChI is InChI=1S/C18H25N3O2/c1-23-12-13-6-8-21(9-7-13)18(22)16(19)10-14-11-20-17-5-3-2-4-15(14)17/h2-5,11,13,16,20H,6-10,12,19H2,1H3/t16-/m0/s1. The maximum absolute atomic E-state index is 12.6. The lowest BCUT2D eigenvalue weighted by atomic mass is 9.96. The van der Waals surface area contributed by atoms with Crippen LogP contribution >= 0.6 is 0 Å². The molecule has 124 valence electrons. The number of carbonyl (C=O) groups excluding carboxylic acids is 1. The SMILES string of the molecule is COCC1CCN(C(=O)[C@@H](N)Cc2c[nH]c3ccccc23)CC1. The van der Waals surface area contributed by atoms with Crippen LogP contribution in [-0.4, -0.2) is 48.6 Å². The first-order chi connectivity index (χ1) is 11.2. The van der Waals surface area contributed by atoms with E-state index in [1.54, 1.807) is 7.11 Å². The number of methoxy groups -OCH3 is 1. The molecule has 0 bridgehead atoms. The molecule has 2 aromatic rings. The average molecular weight is 315 g/mol. The van der Waals surface area contributed by atoms with Gasteiger partial charge >= 0.3 is 0 Å². The van der Waals surface area contributed by atoms with Crippen molar-refractivity contribution in [2.45, 2.75) is 25.3 Å². The number of hydrogen-bond donors (Lipinski definition) is 2. The fourth-order valence-electron chi connectivity index (χ4n) is 3.41.